The average molecular weight is 388 g/mol. The molecule has 0 unspecified atom stereocenters. The summed E-state index contributed by atoms with van der Waals surface area (Å²) in [6.45, 7) is 0. The van der Waals surface area contributed by atoms with E-state index in [9.17, 15) is 9.90 Å². The zero-order valence-corrected chi connectivity index (χ0v) is 12.6. The minimum atomic E-state index is -0.513. The van der Waals surface area contributed by atoms with Crippen LogP contribution in [0.3, 0.4) is 0 Å². The molecular formula is C12H8Br2N2O3. The first kappa shape index (κ1) is 13.8. The van der Waals surface area contributed by atoms with Gasteiger partial charge in [-0.3, -0.25) is 4.79 Å². The monoisotopic (exact) mass is 386 g/mol. The van der Waals surface area contributed by atoms with Crippen molar-refractivity contribution in [3.05, 3.63) is 50.8 Å². The summed E-state index contributed by atoms with van der Waals surface area (Å²) < 4.78 is 6.44. The number of carbonyl (C=O) groups excluding carboxylic acids is 1. The number of hydrogen-bond acceptors (Lipinski definition) is 4. The van der Waals surface area contributed by atoms with Crippen molar-refractivity contribution in [2.24, 2.45) is 5.10 Å². The number of phenolic OH excluding ortho intramolecular Hbond substituents is 1. The highest BCUT2D eigenvalue weighted by atomic mass is 79.9. The van der Waals surface area contributed by atoms with Gasteiger partial charge in [-0.1, -0.05) is 15.9 Å². The van der Waals surface area contributed by atoms with Gasteiger partial charge in [-0.2, -0.15) is 5.10 Å². The molecule has 1 aromatic heterocycles. The Bertz CT molecular complexity index is 638. The van der Waals surface area contributed by atoms with Crippen molar-refractivity contribution in [2.45, 2.75) is 0 Å². The Morgan fingerprint density at radius 1 is 1.32 bits per heavy atom. The highest BCUT2D eigenvalue weighted by molar-refractivity contribution is 9.10. The van der Waals surface area contributed by atoms with Gasteiger partial charge < -0.3 is 9.52 Å². The summed E-state index contributed by atoms with van der Waals surface area (Å²) in [6, 6.07) is 7.96. The lowest BCUT2D eigenvalue weighted by atomic mass is 10.2. The van der Waals surface area contributed by atoms with Crippen molar-refractivity contribution in [1.82, 2.24) is 5.43 Å². The molecule has 0 aliphatic rings. The van der Waals surface area contributed by atoms with E-state index < -0.39 is 5.91 Å². The summed E-state index contributed by atoms with van der Waals surface area (Å²) in [5.74, 6) is -0.136. The molecule has 7 heteroatoms. The molecule has 5 nitrogen and oxygen atoms in total. The number of benzene rings is 1. The smallest absolute Gasteiger partial charge is 0.275 e. The van der Waals surface area contributed by atoms with E-state index >= 15 is 0 Å². The Morgan fingerprint density at radius 3 is 2.79 bits per heavy atom. The van der Waals surface area contributed by atoms with Crippen molar-refractivity contribution in [1.29, 1.82) is 0 Å². The number of hydrogen-bond donors (Lipinski definition) is 2. The first-order chi connectivity index (χ1) is 9.06. The van der Waals surface area contributed by atoms with Crippen molar-refractivity contribution in [3.8, 4) is 5.75 Å². The van der Waals surface area contributed by atoms with Crippen molar-refractivity contribution < 1.29 is 14.3 Å². The summed E-state index contributed by atoms with van der Waals surface area (Å²) in [5.41, 5.74) is 2.43. The Balaban J connectivity index is 2.05. The van der Waals surface area contributed by atoms with Crippen LogP contribution in [0.25, 0.3) is 0 Å². The molecule has 2 rings (SSSR count). The third-order valence-electron chi connectivity index (χ3n) is 2.16. The number of phenols is 1. The van der Waals surface area contributed by atoms with Crippen LogP contribution in [0.15, 0.2) is 49.0 Å². The SMILES string of the molecule is O=C(N/N=C/c1ccc(Br)o1)c1cc(Br)ccc1O. The average Bonchev–Trinajstić information content (AvgIpc) is 2.78. The van der Waals surface area contributed by atoms with E-state index in [2.05, 4.69) is 42.4 Å². The van der Waals surface area contributed by atoms with Crippen LogP contribution >= 0.6 is 31.9 Å². The van der Waals surface area contributed by atoms with Crippen molar-refractivity contribution in [2.75, 3.05) is 0 Å². The molecule has 0 radical (unpaired) electrons. The normalized spacial score (nSPS) is 10.8. The van der Waals surface area contributed by atoms with Gasteiger partial charge in [0.05, 0.1) is 11.8 Å². The van der Waals surface area contributed by atoms with Crippen LogP contribution in [0.2, 0.25) is 0 Å². The molecule has 2 N–H and O–H groups in total. The van der Waals surface area contributed by atoms with Crippen molar-refractivity contribution >= 4 is 44.0 Å². The number of carbonyl (C=O) groups is 1. The van der Waals surface area contributed by atoms with Crippen LogP contribution in [0.5, 0.6) is 5.75 Å². The van der Waals surface area contributed by atoms with Crippen molar-refractivity contribution in [3.63, 3.8) is 0 Å². The Kier molecular flexibility index (Phi) is 4.39. The van der Waals surface area contributed by atoms with E-state index in [4.69, 9.17) is 4.42 Å². The van der Waals surface area contributed by atoms with E-state index in [0.717, 1.165) is 0 Å². The van der Waals surface area contributed by atoms with Crippen LogP contribution < -0.4 is 5.43 Å². The van der Waals surface area contributed by atoms with E-state index in [1.54, 1.807) is 18.2 Å². The fraction of sp³-hybridized carbons (Fsp3) is 0. The maximum atomic E-state index is 11.8. The summed E-state index contributed by atoms with van der Waals surface area (Å²) >= 11 is 6.38. The topological polar surface area (TPSA) is 74.8 Å². The van der Waals surface area contributed by atoms with E-state index in [1.165, 1.54) is 18.3 Å². The number of rotatable bonds is 3. The Hall–Kier alpha value is -1.60. The van der Waals surface area contributed by atoms with Crippen LogP contribution in [0, 0.1) is 0 Å². The summed E-state index contributed by atoms with van der Waals surface area (Å²) in [4.78, 5) is 11.8. The van der Waals surface area contributed by atoms with Crippen LogP contribution in [-0.4, -0.2) is 17.2 Å². The van der Waals surface area contributed by atoms with Crippen LogP contribution in [-0.2, 0) is 0 Å². The molecular weight excluding hydrogens is 380 g/mol. The van der Waals surface area contributed by atoms with Gasteiger partial charge >= 0.3 is 0 Å². The fourth-order valence-electron chi connectivity index (χ4n) is 1.30. The quantitative estimate of drug-likeness (QED) is 0.626. The highest BCUT2D eigenvalue weighted by Gasteiger charge is 2.10. The number of amides is 1. The summed E-state index contributed by atoms with van der Waals surface area (Å²) in [7, 11) is 0. The maximum absolute atomic E-state index is 11.8. The zero-order valence-electron chi connectivity index (χ0n) is 9.43. The molecule has 0 spiro atoms. The maximum Gasteiger partial charge on any atom is 0.275 e. The predicted molar refractivity (Wildman–Crippen MR) is 77.3 cm³/mol. The fourth-order valence-corrected chi connectivity index (χ4v) is 1.98. The molecule has 0 fully saturated rings. The van der Waals surface area contributed by atoms with Crippen LogP contribution in [0.4, 0.5) is 0 Å². The number of hydrazone groups is 1. The first-order valence-electron chi connectivity index (χ1n) is 5.13. The third-order valence-corrected chi connectivity index (χ3v) is 3.07. The molecule has 1 aromatic carbocycles. The second-order valence-electron chi connectivity index (χ2n) is 3.50. The predicted octanol–water partition coefficient (Wildman–Crippen LogP) is 3.27. The highest BCUT2D eigenvalue weighted by Crippen LogP contribution is 2.21. The standard InChI is InChI=1S/C12H8Br2N2O3/c13-7-1-3-10(17)9(5-7)12(18)16-15-6-8-2-4-11(14)19-8/h1-6,17H,(H,16,18)/b15-6+. The lowest BCUT2D eigenvalue weighted by molar-refractivity contribution is 0.0952. The molecule has 0 aliphatic carbocycles. The number of nitrogens with one attached hydrogen (secondary N) is 1. The Labute approximate surface area is 125 Å². The third kappa shape index (κ3) is 3.68. The largest absolute Gasteiger partial charge is 0.507 e. The molecule has 0 bridgehead atoms. The molecule has 0 aliphatic heterocycles. The van der Waals surface area contributed by atoms with Gasteiger partial charge in [0.25, 0.3) is 5.91 Å². The molecule has 0 saturated carbocycles. The van der Waals surface area contributed by atoms with Gasteiger partial charge in [0.1, 0.15) is 11.5 Å². The molecule has 0 atom stereocenters. The molecule has 98 valence electrons. The second-order valence-corrected chi connectivity index (χ2v) is 5.20. The van der Waals surface area contributed by atoms with Gasteiger partial charge in [0.15, 0.2) is 4.67 Å². The van der Waals surface area contributed by atoms with E-state index in [-0.39, 0.29) is 11.3 Å². The van der Waals surface area contributed by atoms with Crippen LogP contribution in [0.1, 0.15) is 16.1 Å². The summed E-state index contributed by atoms with van der Waals surface area (Å²) in [6.07, 6.45) is 1.36. The second kappa shape index (κ2) is 6.03. The minimum Gasteiger partial charge on any atom is -0.507 e. The van der Waals surface area contributed by atoms with Gasteiger partial charge in [-0.15, -0.1) is 0 Å². The number of nitrogens with zero attached hydrogens (tertiary/aromatic N) is 1. The molecule has 0 saturated heterocycles. The molecule has 2 aromatic rings. The first-order valence-corrected chi connectivity index (χ1v) is 6.72. The number of furan rings is 1. The van der Waals surface area contributed by atoms with Gasteiger partial charge in [0.2, 0.25) is 0 Å². The lowest BCUT2D eigenvalue weighted by Gasteiger charge is -2.02. The molecule has 1 heterocycles. The minimum absolute atomic E-state index is 0.114. The molecule has 19 heavy (non-hydrogen) atoms. The van der Waals surface area contributed by atoms with Gasteiger partial charge in [-0.05, 0) is 46.3 Å². The van der Waals surface area contributed by atoms with Gasteiger partial charge in [0, 0.05) is 4.47 Å². The summed E-state index contributed by atoms with van der Waals surface area (Å²) in [5, 5.41) is 13.3. The Morgan fingerprint density at radius 2 is 2.11 bits per heavy atom. The van der Waals surface area contributed by atoms with E-state index in [1.807, 2.05) is 0 Å². The lowest BCUT2D eigenvalue weighted by Crippen LogP contribution is -2.17. The number of aromatic hydroxyl groups is 1. The van der Waals surface area contributed by atoms with E-state index in [0.29, 0.717) is 14.9 Å². The van der Waals surface area contributed by atoms with Gasteiger partial charge in [-0.25, -0.2) is 5.43 Å². The molecule has 1 amide bonds. The number of halogens is 2. The zero-order chi connectivity index (χ0) is 13.8.